The lowest BCUT2D eigenvalue weighted by Gasteiger charge is -2.13. The predicted octanol–water partition coefficient (Wildman–Crippen LogP) is 1.13. The van der Waals surface area contributed by atoms with Crippen molar-refractivity contribution in [2.45, 2.75) is 32.9 Å². The lowest BCUT2D eigenvalue weighted by atomic mass is 10.2. The average molecular weight is 308 g/mol. The minimum atomic E-state index is -0.653. The second kappa shape index (κ2) is 6.98. The zero-order valence-electron chi connectivity index (χ0n) is 11.8. The molecule has 0 saturated heterocycles. The van der Waals surface area contributed by atoms with E-state index in [1.807, 2.05) is 6.92 Å². The summed E-state index contributed by atoms with van der Waals surface area (Å²) in [7, 11) is 0. The number of aryl methyl sites for hydroxylation is 1. The summed E-state index contributed by atoms with van der Waals surface area (Å²) >= 11 is 1.03. The number of aromatic nitrogens is 2. The molecule has 21 heavy (non-hydrogen) atoms. The summed E-state index contributed by atoms with van der Waals surface area (Å²) in [5.41, 5.74) is 0.640. The fraction of sp³-hybridized carbons (Fsp3) is 0.385. The number of hydrogen-bond donors (Lipinski definition) is 2. The maximum absolute atomic E-state index is 12.1. The Hall–Kier alpha value is -2.22. The minimum Gasteiger partial charge on any atom is -0.467 e. The molecule has 2 aromatic rings. The highest BCUT2D eigenvalue weighted by Gasteiger charge is 2.20. The third kappa shape index (κ3) is 3.88. The van der Waals surface area contributed by atoms with Crippen LogP contribution in [0.1, 0.15) is 35.0 Å². The van der Waals surface area contributed by atoms with Crippen LogP contribution >= 0.6 is 11.5 Å². The maximum atomic E-state index is 12.1. The third-order valence-corrected chi connectivity index (χ3v) is 3.62. The Kier molecular flexibility index (Phi) is 5.04. The lowest BCUT2D eigenvalue weighted by Crippen LogP contribution is -2.44. The van der Waals surface area contributed by atoms with E-state index in [1.165, 1.54) is 6.26 Å². The zero-order valence-corrected chi connectivity index (χ0v) is 12.6. The maximum Gasteiger partial charge on any atom is 0.265 e. The molecular formula is C13H16N4O3S. The standard InChI is InChI=1S/C13H16N4O3S/c1-3-10-11(21-17-16-10)13(19)15-8(2)12(18)14-7-9-5-4-6-20-9/h4-6,8H,3,7H2,1-2H3,(H,14,18)(H,15,19). The highest BCUT2D eigenvalue weighted by molar-refractivity contribution is 7.08. The summed E-state index contributed by atoms with van der Waals surface area (Å²) in [5.74, 6) is 0.0413. The van der Waals surface area contributed by atoms with Gasteiger partial charge in [-0.25, -0.2) is 0 Å². The molecule has 0 aromatic carbocycles. The average Bonchev–Trinajstić information content (AvgIpc) is 3.15. The van der Waals surface area contributed by atoms with E-state index < -0.39 is 6.04 Å². The zero-order chi connectivity index (χ0) is 15.2. The van der Waals surface area contributed by atoms with Crippen LogP contribution in [0.25, 0.3) is 0 Å². The van der Waals surface area contributed by atoms with Crippen LogP contribution in [-0.4, -0.2) is 27.4 Å². The van der Waals surface area contributed by atoms with Crippen LogP contribution in [-0.2, 0) is 17.8 Å². The molecule has 7 nitrogen and oxygen atoms in total. The number of carbonyl (C=O) groups excluding carboxylic acids is 2. The van der Waals surface area contributed by atoms with E-state index in [2.05, 4.69) is 20.2 Å². The molecule has 8 heteroatoms. The van der Waals surface area contributed by atoms with Crippen molar-refractivity contribution in [1.82, 2.24) is 20.2 Å². The first-order chi connectivity index (χ1) is 10.1. The number of nitrogens with zero attached hydrogens (tertiary/aromatic N) is 2. The first-order valence-corrected chi connectivity index (χ1v) is 7.31. The largest absolute Gasteiger partial charge is 0.467 e. The Morgan fingerprint density at radius 1 is 1.48 bits per heavy atom. The van der Waals surface area contributed by atoms with Gasteiger partial charge in [0.15, 0.2) is 0 Å². The number of rotatable bonds is 6. The van der Waals surface area contributed by atoms with Crippen LogP contribution < -0.4 is 10.6 Å². The Balaban J connectivity index is 1.87. The Bertz CT molecular complexity index is 609. The second-order valence-electron chi connectivity index (χ2n) is 4.39. The van der Waals surface area contributed by atoms with Crippen molar-refractivity contribution in [2.75, 3.05) is 0 Å². The van der Waals surface area contributed by atoms with Crippen molar-refractivity contribution >= 4 is 23.3 Å². The summed E-state index contributed by atoms with van der Waals surface area (Å²) in [4.78, 5) is 24.4. The molecule has 0 saturated carbocycles. The summed E-state index contributed by atoms with van der Waals surface area (Å²) in [6.07, 6.45) is 2.16. The molecule has 0 aliphatic carbocycles. The molecule has 2 heterocycles. The quantitative estimate of drug-likeness (QED) is 0.833. The van der Waals surface area contributed by atoms with E-state index in [4.69, 9.17) is 4.42 Å². The normalized spacial score (nSPS) is 11.9. The molecule has 2 N–H and O–H groups in total. The number of amides is 2. The van der Waals surface area contributed by atoms with Crippen LogP contribution in [0.15, 0.2) is 22.8 Å². The summed E-state index contributed by atoms with van der Waals surface area (Å²) in [6.45, 7) is 3.80. The molecule has 2 amide bonds. The topological polar surface area (TPSA) is 97.1 Å². The predicted molar refractivity (Wildman–Crippen MR) is 76.8 cm³/mol. The fourth-order valence-electron chi connectivity index (χ4n) is 1.68. The van der Waals surface area contributed by atoms with Crippen LogP contribution in [0.2, 0.25) is 0 Å². The van der Waals surface area contributed by atoms with Crippen LogP contribution in [0.5, 0.6) is 0 Å². The Morgan fingerprint density at radius 2 is 2.29 bits per heavy atom. The van der Waals surface area contributed by atoms with E-state index >= 15 is 0 Å². The summed E-state index contributed by atoms with van der Waals surface area (Å²) in [6, 6.07) is 2.86. The number of nitrogens with one attached hydrogen (secondary N) is 2. The number of carbonyl (C=O) groups is 2. The SMILES string of the molecule is CCc1nnsc1C(=O)NC(C)C(=O)NCc1ccco1. The first-order valence-electron chi connectivity index (χ1n) is 6.54. The number of furan rings is 1. The molecule has 0 spiro atoms. The van der Waals surface area contributed by atoms with Gasteiger partial charge < -0.3 is 15.1 Å². The molecular weight excluding hydrogens is 292 g/mol. The van der Waals surface area contributed by atoms with E-state index in [0.29, 0.717) is 22.8 Å². The Labute approximate surface area is 125 Å². The summed E-state index contributed by atoms with van der Waals surface area (Å²) < 4.78 is 8.87. The van der Waals surface area contributed by atoms with Gasteiger partial charge in [0, 0.05) is 0 Å². The molecule has 0 aliphatic heterocycles. The van der Waals surface area contributed by atoms with Crippen LogP contribution in [0, 0.1) is 0 Å². The Morgan fingerprint density at radius 3 is 2.95 bits per heavy atom. The van der Waals surface area contributed by atoms with Gasteiger partial charge in [-0.15, -0.1) is 5.10 Å². The van der Waals surface area contributed by atoms with E-state index in [-0.39, 0.29) is 18.4 Å². The van der Waals surface area contributed by atoms with Crippen molar-refractivity contribution in [1.29, 1.82) is 0 Å². The van der Waals surface area contributed by atoms with Gasteiger partial charge in [-0.1, -0.05) is 11.4 Å². The number of hydrogen-bond acceptors (Lipinski definition) is 6. The van der Waals surface area contributed by atoms with Crippen molar-refractivity contribution in [3.05, 3.63) is 34.7 Å². The molecule has 1 atom stereocenters. The van der Waals surface area contributed by atoms with Crippen molar-refractivity contribution in [3.8, 4) is 0 Å². The van der Waals surface area contributed by atoms with Gasteiger partial charge in [0.25, 0.3) is 5.91 Å². The monoisotopic (exact) mass is 308 g/mol. The molecule has 0 aliphatic rings. The second-order valence-corrected chi connectivity index (χ2v) is 5.15. The minimum absolute atomic E-state index is 0.282. The van der Waals surface area contributed by atoms with Gasteiger partial charge in [0.2, 0.25) is 5.91 Å². The first kappa shape index (κ1) is 15.2. The van der Waals surface area contributed by atoms with Crippen molar-refractivity contribution < 1.29 is 14.0 Å². The molecule has 0 fully saturated rings. The van der Waals surface area contributed by atoms with Crippen LogP contribution in [0.4, 0.5) is 0 Å². The van der Waals surface area contributed by atoms with Crippen LogP contribution in [0.3, 0.4) is 0 Å². The van der Waals surface area contributed by atoms with Crippen molar-refractivity contribution in [2.24, 2.45) is 0 Å². The summed E-state index contributed by atoms with van der Waals surface area (Å²) in [5, 5.41) is 9.20. The van der Waals surface area contributed by atoms with E-state index in [9.17, 15) is 9.59 Å². The molecule has 0 radical (unpaired) electrons. The van der Waals surface area contributed by atoms with Gasteiger partial charge in [-0.3, -0.25) is 9.59 Å². The molecule has 2 aromatic heterocycles. The molecule has 1 unspecified atom stereocenters. The van der Waals surface area contributed by atoms with E-state index in [1.54, 1.807) is 19.1 Å². The van der Waals surface area contributed by atoms with Gasteiger partial charge in [-0.05, 0) is 37.0 Å². The molecule has 0 bridgehead atoms. The molecule has 112 valence electrons. The highest BCUT2D eigenvalue weighted by Crippen LogP contribution is 2.11. The van der Waals surface area contributed by atoms with E-state index in [0.717, 1.165) is 11.5 Å². The van der Waals surface area contributed by atoms with Gasteiger partial charge in [0.05, 0.1) is 18.5 Å². The lowest BCUT2D eigenvalue weighted by molar-refractivity contribution is -0.122. The van der Waals surface area contributed by atoms with Crippen molar-refractivity contribution in [3.63, 3.8) is 0 Å². The smallest absolute Gasteiger partial charge is 0.265 e. The van der Waals surface area contributed by atoms with Gasteiger partial charge in [0.1, 0.15) is 16.7 Å². The molecule has 2 rings (SSSR count). The van der Waals surface area contributed by atoms with Gasteiger partial charge in [-0.2, -0.15) is 0 Å². The van der Waals surface area contributed by atoms with Gasteiger partial charge >= 0.3 is 0 Å². The highest BCUT2D eigenvalue weighted by atomic mass is 32.1. The third-order valence-electron chi connectivity index (χ3n) is 2.85. The fourth-order valence-corrected chi connectivity index (χ4v) is 2.33.